The molecule has 0 unspecified atom stereocenters. The van der Waals surface area contributed by atoms with Crippen LogP contribution >= 0.6 is 0 Å². The van der Waals surface area contributed by atoms with Crippen LogP contribution in [0.5, 0.6) is 0 Å². The average molecular weight is 492 g/mol. The molecule has 38 heavy (non-hydrogen) atoms. The van der Waals surface area contributed by atoms with Crippen molar-refractivity contribution in [1.29, 1.82) is 10.5 Å². The lowest BCUT2D eigenvalue weighted by Gasteiger charge is -2.30. The number of benzene rings is 4. The molecule has 0 bridgehead atoms. The highest BCUT2D eigenvalue weighted by atomic mass is 14.9. The Kier molecular flexibility index (Phi) is 6.94. The van der Waals surface area contributed by atoms with Gasteiger partial charge in [-0.1, -0.05) is 111 Å². The van der Waals surface area contributed by atoms with E-state index < -0.39 is 0 Å². The standard InChI is InChI=1S/C35H29N3/c1-35(2)21-26(20-29(22-35)30(23-36)24-37)13-12-25-14-17-31(18-15-25)38-34-32-11-7-6-10-28(32)16-19-33(34)27-8-4-3-5-9-27/h3-20,38H,21-22H2,1-2H3/b13-12+. The van der Waals surface area contributed by atoms with Crippen molar-refractivity contribution in [3.63, 3.8) is 0 Å². The van der Waals surface area contributed by atoms with E-state index in [1.807, 2.05) is 24.3 Å². The van der Waals surface area contributed by atoms with Gasteiger partial charge in [-0.25, -0.2) is 0 Å². The van der Waals surface area contributed by atoms with Gasteiger partial charge in [-0.2, -0.15) is 10.5 Å². The van der Waals surface area contributed by atoms with Crippen molar-refractivity contribution in [1.82, 2.24) is 0 Å². The summed E-state index contributed by atoms with van der Waals surface area (Å²) in [7, 11) is 0. The summed E-state index contributed by atoms with van der Waals surface area (Å²) < 4.78 is 0. The molecule has 1 aliphatic rings. The highest BCUT2D eigenvalue weighted by Crippen LogP contribution is 2.40. The molecule has 0 atom stereocenters. The van der Waals surface area contributed by atoms with Gasteiger partial charge in [0, 0.05) is 16.6 Å². The number of hydrogen-bond acceptors (Lipinski definition) is 3. The molecule has 0 aromatic heterocycles. The minimum atomic E-state index is 0.00536. The van der Waals surface area contributed by atoms with E-state index >= 15 is 0 Å². The maximum atomic E-state index is 9.33. The van der Waals surface area contributed by atoms with E-state index in [2.05, 4.69) is 116 Å². The van der Waals surface area contributed by atoms with E-state index in [0.717, 1.165) is 46.5 Å². The summed E-state index contributed by atoms with van der Waals surface area (Å²) in [5, 5.41) is 24.7. The van der Waals surface area contributed by atoms with Crippen LogP contribution in [0.1, 0.15) is 32.3 Å². The maximum absolute atomic E-state index is 9.33. The zero-order valence-electron chi connectivity index (χ0n) is 21.7. The van der Waals surface area contributed by atoms with Crippen LogP contribution in [0, 0.1) is 28.1 Å². The second-order valence-corrected chi connectivity index (χ2v) is 10.5. The predicted molar refractivity (Wildman–Crippen MR) is 157 cm³/mol. The van der Waals surface area contributed by atoms with E-state index in [0.29, 0.717) is 0 Å². The first-order valence-corrected chi connectivity index (χ1v) is 12.8. The summed E-state index contributed by atoms with van der Waals surface area (Å²) in [6, 6.07) is 35.8. The summed E-state index contributed by atoms with van der Waals surface area (Å²) in [5.74, 6) is 0. The summed E-state index contributed by atoms with van der Waals surface area (Å²) in [6.45, 7) is 4.36. The molecule has 0 radical (unpaired) electrons. The van der Waals surface area contributed by atoms with Crippen molar-refractivity contribution in [2.24, 2.45) is 5.41 Å². The zero-order chi connectivity index (χ0) is 26.5. The molecule has 5 rings (SSSR count). The number of rotatable bonds is 5. The first kappa shape index (κ1) is 24.8. The van der Waals surface area contributed by atoms with Gasteiger partial charge >= 0.3 is 0 Å². The molecular formula is C35H29N3. The molecule has 4 aromatic carbocycles. The van der Waals surface area contributed by atoms with Gasteiger partial charge in [-0.05, 0) is 58.0 Å². The van der Waals surface area contributed by atoms with Crippen LogP contribution in [-0.4, -0.2) is 0 Å². The Balaban J connectivity index is 1.42. The average Bonchev–Trinajstić information content (AvgIpc) is 2.93. The Bertz CT molecular complexity index is 1640. The molecule has 0 fully saturated rings. The van der Waals surface area contributed by atoms with Crippen molar-refractivity contribution >= 4 is 28.2 Å². The van der Waals surface area contributed by atoms with Gasteiger partial charge in [-0.15, -0.1) is 0 Å². The van der Waals surface area contributed by atoms with Crippen LogP contribution in [0.2, 0.25) is 0 Å². The number of anilines is 2. The molecule has 4 aromatic rings. The summed E-state index contributed by atoms with van der Waals surface area (Å²) in [4.78, 5) is 0. The third kappa shape index (κ3) is 5.44. The third-order valence-electron chi connectivity index (χ3n) is 6.94. The fourth-order valence-corrected chi connectivity index (χ4v) is 5.18. The number of hydrogen-bond donors (Lipinski definition) is 1. The second kappa shape index (κ2) is 10.6. The highest BCUT2D eigenvalue weighted by Gasteiger charge is 2.26. The summed E-state index contributed by atoms with van der Waals surface area (Å²) in [6.07, 6.45) is 7.85. The number of nitriles is 2. The first-order valence-electron chi connectivity index (χ1n) is 12.8. The molecule has 0 saturated carbocycles. The van der Waals surface area contributed by atoms with Crippen molar-refractivity contribution in [3.8, 4) is 23.3 Å². The minimum Gasteiger partial charge on any atom is -0.355 e. The first-order chi connectivity index (χ1) is 18.5. The van der Waals surface area contributed by atoms with Crippen LogP contribution in [0.4, 0.5) is 11.4 Å². The molecule has 1 N–H and O–H groups in total. The molecule has 3 heteroatoms. The molecule has 0 heterocycles. The lowest BCUT2D eigenvalue weighted by atomic mass is 9.74. The van der Waals surface area contributed by atoms with Gasteiger partial charge in [0.05, 0.1) is 5.69 Å². The Morgan fingerprint density at radius 1 is 0.789 bits per heavy atom. The SMILES string of the molecule is CC1(C)CC(/C=C/c2ccc(Nc3c(-c4ccccc4)ccc4ccccc34)cc2)=CC(=C(C#N)C#N)C1. The Hall–Kier alpha value is -4.86. The van der Waals surface area contributed by atoms with Crippen LogP contribution < -0.4 is 5.32 Å². The number of fused-ring (bicyclic) bond motifs is 1. The Labute approximate surface area is 224 Å². The van der Waals surface area contributed by atoms with Crippen LogP contribution in [-0.2, 0) is 0 Å². The molecule has 0 amide bonds. The van der Waals surface area contributed by atoms with Gasteiger partial charge in [-0.3, -0.25) is 0 Å². The molecule has 1 aliphatic carbocycles. The number of nitrogens with zero attached hydrogens (tertiary/aromatic N) is 2. The lowest BCUT2D eigenvalue weighted by Crippen LogP contribution is -2.17. The monoisotopic (exact) mass is 491 g/mol. The smallest absolute Gasteiger partial charge is 0.132 e. The van der Waals surface area contributed by atoms with Crippen LogP contribution in [0.25, 0.3) is 28.0 Å². The number of allylic oxidation sites excluding steroid dienone is 5. The van der Waals surface area contributed by atoms with Gasteiger partial charge in [0.15, 0.2) is 0 Å². The van der Waals surface area contributed by atoms with E-state index in [4.69, 9.17) is 0 Å². The van der Waals surface area contributed by atoms with Crippen molar-refractivity contribution in [3.05, 3.63) is 125 Å². The molecule has 0 spiro atoms. The molecule has 0 aliphatic heterocycles. The molecule has 3 nitrogen and oxygen atoms in total. The molecule has 0 saturated heterocycles. The van der Waals surface area contributed by atoms with Crippen molar-refractivity contribution in [2.45, 2.75) is 26.7 Å². The quantitative estimate of drug-likeness (QED) is 0.283. The normalized spacial score (nSPS) is 14.5. The lowest BCUT2D eigenvalue weighted by molar-refractivity contribution is 0.354. The third-order valence-corrected chi connectivity index (χ3v) is 6.94. The fourth-order valence-electron chi connectivity index (χ4n) is 5.18. The van der Waals surface area contributed by atoms with E-state index in [-0.39, 0.29) is 11.0 Å². The van der Waals surface area contributed by atoms with Crippen LogP contribution in [0.3, 0.4) is 0 Å². The van der Waals surface area contributed by atoms with Gasteiger partial charge in [0.2, 0.25) is 0 Å². The van der Waals surface area contributed by atoms with E-state index in [1.54, 1.807) is 0 Å². The minimum absolute atomic E-state index is 0.00536. The zero-order valence-corrected chi connectivity index (χ0v) is 21.7. The Morgan fingerprint density at radius 3 is 2.24 bits per heavy atom. The van der Waals surface area contributed by atoms with E-state index in [1.165, 1.54) is 16.3 Å². The topological polar surface area (TPSA) is 59.6 Å². The van der Waals surface area contributed by atoms with Gasteiger partial charge in [0.1, 0.15) is 17.7 Å². The second-order valence-electron chi connectivity index (χ2n) is 10.5. The predicted octanol–water partition coefficient (Wildman–Crippen LogP) is 9.35. The molecule has 184 valence electrons. The van der Waals surface area contributed by atoms with Crippen molar-refractivity contribution in [2.75, 3.05) is 5.32 Å². The number of nitrogens with one attached hydrogen (secondary N) is 1. The Morgan fingerprint density at radius 2 is 1.50 bits per heavy atom. The van der Waals surface area contributed by atoms with Crippen LogP contribution in [0.15, 0.2) is 120 Å². The highest BCUT2D eigenvalue weighted by molar-refractivity contribution is 6.03. The van der Waals surface area contributed by atoms with E-state index in [9.17, 15) is 10.5 Å². The van der Waals surface area contributed by atoms with Crippen molar-refractivity contribution < 1.29 is 0 Å². The summed E-state index contributed by atoms with van der Waals surface area (Å²) >= 11 is 0. The van der Waals surface area contributed by atoms with Gasteiger partial charge in [0.25, 0.3) is 0 Å². The molecular weight excluding hydrogens is 462 g/mol. The maximum Gasteiger partial charge on any atom is 0.132 e. The fraction of sp³-hybridized carbons (Fsp3) is 0.143. The summed E-state index contributed by atoms with van der Waals surface area (Å²) in [5.41, 5.74) is 7.72. The van der Waals surface area contributed by atoms with Gasteiger partial charge < -0.3 is 5.32 Å². The largest absolute Gasteiger partial charge is 0.355 e.